The number of ether oxygens (including phenoxy) is 1. The number of nitrogens with zero attached hydrogens (tertiary/aromatic N) is 1. The molecule has 0 saturated carbocycles. The van der Waals surface area contributed by atoms with Gasteiger partial charge in [-0.15, -0.1) is 0 Å². The van der Waals surface area contributed by atoms with Gasteiger partial charge in [0.05, 0.1) is 13.0 Å². The number of hydroxylamine groups is 2. The molecule has 1 atom stereocenters. The lowest BCUT2D eigenvalue weighted by molar-refractivity contribution is -0.146. The van der Waals surface area contributed by atoms with Gasteiger partial charge in [0.15, 0.2) is 0 Å². The molecule has 1 saturated heterocycles. The molecule has 1 fully saturated rings. The summed E-state index contributed by atoms with van der Waals surface area (Å²) in [5, 5.41) is 11.7. The zero-order valence-corrected chi connectivity index (χ0v) is 6.58. The van der Waals surface area contributed by atoms with Crippen LogP contribution in [0.4, 0.5) is 0 Å². The zero-order valence-electron chi connectivity index (χ0n) is 6.58. The lowest BCUT2D eigenvalue weighted by Crippen LogP contribution is -2.35. The van der Waals surface area contributed by atoms with E-state index in [1.54, 1.807) is 0 Å². The summed E-state index contributed by atoms with van der Waals surface area (Å²) in [4.78, 5) is 10.9. The van der Waals surface area contributed by atoms with Crippen molar-refractivity contribution in [2.24, 2.45) is 5.92 Å². The molecule has 4 heteroatoms. The maximum atomic E-state index is 10.9. The highest BCUT2D eigenvalue weighted by atomic mass is 16.5. The first-order valence-corrected chi connectivity index (χ1v) is 3.74. The third-order valence-corrected chi connectivity index (χ3v) is 1.92. The minimum absolute atomic E-state index is 0.203. The molecule has 11 heavy (non-hydrogen) atoms. The van der Waals surface area contributed by atoms with Gasteiger partial charge in [-0.3, -0.25) is 4.79 Å². The van der Waals surface area contributed by atoms with Crippen LogP contribution in [0, 0.1) is 11.1 Å². The van der Waals surface area contributed by atoms with E-state index in [2.05, 4.69) is 4.74 Å². The van der Waals surface area contributed by atoms with E-state index in [1.807, 2.05) is 0 Å². The molecule has 0 spiro atoms. The summed E-state index contributed by atoms with van der Waals surface area (Å²) in [6.07, 6.45) is 1.58. The van der Waals surface area contributed by atoms with Crippen molar-refractivity contribution in [3.05, 3.63) is 5.21 Å². The summed E-state index contributed by atoms with van der Waals surface area (Å²) in [7, 11) is 1.35. The van der Waals surface area contributed by atoms with Crippen molar-refractivity contribution in [1.29, 1.82) is 0 Å². The number of piperidine rings is 1. The summed E-state index contributed by atoms with van der Waals surface area (Å²) in [5.74, 6) is -0.461. The van der Waals surface area contributed by atoms with Gasteiger partial charge in [0.2, 0.25) is 0 Å². The van der Waals surface area contributed by atoms with Gasteiger partial charge in [0.1, 0.15) is 0 Å². The molecule has 1 rings (SSSR count). The summed E-state index contributed by atoms with van der Waals surface area (Å²) < 4.78 is 4.53. The van der Waals surface area contributed by atoms with Gasteiger partial charge >= 0.3 is 5.97 Å². The zero-order chi connectivity index (χ0) is 8.27. The Hall–Kier alpha value is -0.610. The van der Waals surface area contributed by atoms with E-state index in [0.29, 0.717) is 13.1 Å². The first-order chi connectivity index (χ1) is 5.24. The van der Waals surface area contributed by atoms with E-state index in [-0.39, 0.29) is 11.9 Å². The Labute approximate surface area is 65.7 Å². The highest BCUT2D eigenvalue weighted by Gasteiger charge is 2.22. The van der Waals surface area contributed by atoms with Crippen molar-refractivity contribution in [3.8, 4) is 0 Å². The fourth-order valence-electron chi connectivity index (χ4n) is 1.30. The SMILES string of the molecule is COC(=O)C1CCCN([O-])C1. The third kappa shape index (κ3) is 2.17. The topological polar surface area (TPSA) is 52.6 Å². The molecule has 0 aromatic heterocycles. The van der Waals surface area contributed by atoms with Crippen molar-refractivity contribution in [2.75, 3.05) is 20.2 Å². The standard InChI is InChI=1S/C7H12NO3/c1-11-7(9)6-3-2-4-8(10)5-6/h6H,2-5H2,1H3/q-1. The number of hydrogen-bond acceptors (Lipinski definition) is 4. The lowest BCUT2D eigenvalue weighted by atomic mass is 10.00. The van der Waals surface area contributed by atoms with E-state index in [9.17, 15) is 10.0 Å². The fourth-order valence-corrected chi connectivity index (χ4v) is 1.30. The van der Waals surface area contributed by atoms with Gasteiger partial charge in [-0.05, 0) is 25.9 Å². The largest absolute Gasteiger partial charge is 0.785 e. The summed E-state index contributed by atoms with van der Waals surface area (Å²) in [6.45, 7) is 0.847. The first kappa shape index (κ1) is 8.49. The second-order valence-corrected chi connectivity index (χ2v) is 2.75. The minimum atomic E-state index is -0.259. The first-order valence-electron chi connectivity index (χ1n) is 3.74. The molecule has 64 valence electrons. The van der Waals surface area contributed by atoms with Crippen LogP contribution in [0.25, 0.3) is 0 Å². The molecular formula is C7H12NO3-. The number of carbonyl (C=O) groups excluding carboxylic acids is 1. The Kier molecular flexibility index (Phi) is 2.84. The molecule has 0 amide bonds. The van der Waals surface area contributed by atoms with Gasteiger partial charge in [0.25, 0.3) is 0 Å². The maximum Gasteiger partial charge on any atom is 0.309 e. The van der Waals surface area contributed by atoms with E-state index < -0.39 is 0 Å². The summed E-state index contributed by atoms with van der Waals surface area (Å²) in [5.41, 5.74) is 0. The van der Waals surface area contributed by atoms with E-state index >= 15 is 0 Å². The minimum Gasteiger partial charge on any atom is -0.785 e. The van der Waals surface area contributed by atoms with Crippen molar-refractivity contribution < 1.29 is 9.53 Å². The van der Waals surface area contributed by atoms with Crippen LogP contribution in [0.5, 0.6) is 0 Å². The van der Waals surface area contributed by atoms with Crippen LogP contribution in [-0.4, -0.2) is 31.2 Å². The monoisotopic (exact) mass is 158 g/mol. The average molecular weight is 158 g/mol. The van der Waals surface area contributed by atoms with Crippen LogP contribution in [0.2, 0.25) is 0 Å². The Bertz CT molecular complexity index is 149. The Morgan fingerprint density at radius 3 is 3.00 bits per heavy atom. The second kappa shape index (κ2) is 3.69. The Morgan fingerprint density at radius 1 is 1.73 bits per heavy atom. The van der Waals surface area contributed by atoms with Gasteiger partial charge in [-0.1, -0.05) is 0 Å². The maximum absolute atomic E-state index is 10.9. The molecule has 0 aromatic carbocycles. The van der Waals surface area contributed by atoms with E-state index in [1.165, 1.54) is 7.11 Å². The van der Waals surface area contributed by atoms with Crippen molar-refractivity contribution in [2.45, 2.75) is 12.8 Å². The third-order valence-electron chi connectivity index (χ3n) is 1.92. The molecule has 1 aliphatic rings. The molecule has 1 heterocycles. The van der Waals surface area contributed by atoms with Crippen LogP contribution in [0.1, 0.15) is 12.8 Å². The Balaban J connectivity index is 2.39. The van der Waals surface area contributed by atoms with Gasteiger partial charge < -0.3 is 15.0 Å². The number of hydrogen-bond donors (Lipinski definition) is 0. The molecule has 1 aliphatic heterocycles. The molecular weight excluding hydrogens is 146 g/mol. The summed E-state index contributed by atoms with van der Waals surface area (Å²) in [6, 6.07) is 0. The van der Waals surface area contributed by atoms with Gasteiger partial charge in [0, 0.05) is 0 Å². The average Bonchev–Trinajstić information content (AvgIpc) is 2.03. The Morgan fingerprint density at radius 2 is 2.45 bits per heavy atom. The highest BCUT2D eigenvalue weighted by molar-refractivity contribution is 5.72. The quantitative estimate of drug-likeness (QED) is 0.517. The predicted molar refractivity (Wildman–Crippen MR) is 39.7 cm³/mol. The fraction of sp³-hybridized carbons (Fsp3) is 0.857. The predicted octanol–water partition coefficient (Wildman–Crippen LogP) is 0.369. The van der Waals surface area contributed by atoms with Crippen LogP contribution in [0.15, 0.2) is 0 Å². The van der Waals surface area contributed by atoms with E-state index in [0.717, 1.165) is 17.9 Å². The van der Waals surface area contributed by atoms with Crippen molar-refractivity contribution in [1.82, 2.24) is 5.06 Å². The molecule has 0 N–H and O–H groups in total. The van der Waals surface area contributed by atoms with Crippen LogP contribution in [0.3, 0.4) is 0 Å². The number of methoxy groups -OCH3 is 1. The van der Waals surface area contributed by atoms with Crippen LogP contribution >= 0.6 is 0 Å². The van der Waals surface area contributed by atoms with Gasteiger partial charge in [-0.25, -0.2) is 0 Å². The molecule has 4 nitrogen and oxygen atoms in total. The number of esters is 1. The molecule has 0 aliphatic carbocycles. The molecule has 0 radical (unpaired) electrons. The molecule has 0 bridgehead atoms. The van der Waals surface area contributed by atoms with Gasteiger partial charge in [-0.2, -0.15) is 0 Å². The van der Waals surface area contributed by atoms with Crippen LogP contribution < -0.4 is 0 Å². The summed E-state index contributed by atoms with van der Waals surface area (Å²) >= 11 is 0. The highest BCUT2D eigenvalue weighted by Crippen LogP contribution is 2.16. The number of rotatable bonds is 1. The lowest BCUT2D eigenvalue weighted by Gasteiger charge is -2.35. The normalized spacial score (nSPS) is 26.5. The van der Waals surface area contributed by atoms with Crippen molar-refractivity contribution in [3.63, 3.8) is 0 Å². The smallest absolute Gasteiger partial charge is 0.309 e. The number of carbonyl (C=O) groups is 1. The van der Waals surface area contributed by atoms with Crippen molar-refractivity contribution >= 4 is 5.97 Å². The van der Waals surface area contributed by atoms with E-state index in [4.69, 9.17) is 0 Å². The second-order valence-electron chi connectivity index (χ2n) is 2.75. The molecule has 1 unspecified atom stereocenters. The van der Waals surface area contributed by atoms with Crippen LogP contribution in [-0.2, 0) is 9.53 Å². The molecule has 0 aromatic rings.